The summed E-state index contributed by atoms with van der Waals surface area (Å²) in [6, 6.07) is 8.24. The first kappa shape index (κ1) is 14.3. The number of aliphatic hydroxyl groups excluding tert-OH is 1. The molecule has 4 nitrogen and oxygen atoms in total. The normalized spacial score (nSPS) is 18.5. The predicted octanol–water partition coefficient (Wildman–Crippen LogP) is 1.41. The first-order chi connectivity index (χ1) is 9.20. The fraction of sp³-hybridized carbons (Fsp3) is 0.600. The summed E-state index contributed by atoms with van der Waals surface area (Å²) in [5.74, 6) is 0.793. The molecule has 0 radical (unpaired) electrons. The molecule has 0 saturated carbocycles. The molecule has 4 heteroatoms. The summed E-state index contributed by atoms with van der Waals surface area (Å²) in [6.07, 6.45) is 1.85. The molecular formula is C15H24N2O2. The summed E-state index contributed by atoms with van der Waals surface area (Å²) in [5.41, 5.74) is 0.917. The van der Waals surface area contributed by atoms with Crippen molar-refractivity contribution in [3.63, 3.8) is 0 Å². The minimum atomic E-state index is -0.463. The summed E-state index contributed by atoms with van der Waals surface area (Å²) in [5, 5.41) is 13.7. The number of nitrogens with one attached hydrogen (secondary N) is 1. The lowest BCUT2D eigenvalue weighted by Gasteiger charge is -2.33. The minimum Gasteiger partial charge on any atom is -0.497 e. The van der Waals surface area contributed by atoms with Crippen LogP contribution in [0.15, 0.2) is 24.3 Å². The van der Waals surface area contributed by atoms with E-state index in [1.165, 1.54) is 0 Å². The maximum absolute atomic E-state index is 10.3. The number of aliphatic hydroxyl groups is 1. The number of hydrogen-bond acceptors (Lipinski definition) is 4. The summed E-state index contributed by atoms with van der Waals surface area (Å²) in [6.45, 7) is 2.81. The summed E-state index contributed by atoms with van der Waals surface area (Å²) >= 11 is 0. The van der Waals surface area contributed by atoms with Gasteiger partial charge in [0.1, 0.15) is 5.75 Å². The minimum absolute atomic E-state index is 0.463. The Hall–Kier alpha value is -1.10. The zero-order valence-corrected chi connectivity index (χ0v) is 11.8. The molecule has 19 heavy (non-hydrogen) atoms. The van der Waals surface area contributed by atoms with Gasteiger partial charge in [-0.1, -0.05) is 12.1 Å². The van der Waals surface area contributed by atoms with Gasteiger partial charge in [0.15, 0.2) is 0 Å². The van der Waals surface area contributed by atoms with Gasteiger partial charge in [0.2, 0.25) is 0 Å². The molecule has 2 rings (SSSR count). The number of benzene rings is 1. The van der Waals surface area contributed by atoms with Gasteiger partial charge in [-0.25, -0.2) is 0 Å². The van der Waals surface area contributed by atoms with Crippen molar-refractivity contribution in [2.45, 2.75) is 25.0 Å². The molecule has 1 heterocycles. The Morgan fingerprint density at radius 2 is 2.16 bits per heavy atom. The fourth-order valence-electron chi connectivity index (χ4n) is 2.62. The van der Waals surface area contributed by atoms with Gasteiger partial charge in [-0.2, -0.15) is 0 Å². The fourth-order valence-corrected chi connectivity index (χ4v) is 2.62. The first-order valence-electron chi connectivity index (χ1n) is 6.93. The quantitative estimate of drug-likeness (QED) is 0.844. The highest BCUT2D eigenvalue weighted by Gasteiger charge is 2.20. The van der Waals surface area contributed by atoms with Crippen molar-refractivity contribution in [1.82, 2.24) is 10.2 Å². The number of ether oxygens (including phenoxy) is 1. The van der Waals surface area contributed by atoms with Crippen LogP contribution < -0.4 is 10.1 Å². The third-order valence-electron chi connectivity index (χ3n) is 3.87. The number of likely N-dealkylation sites (N-methyl/N-ethyl adjacent to an activating group) is 1. The van der Waals surface area contributed by atoms with Crippen LogP contribution in [0, 0.1) is 0 Å². The Morgan fingerprint density at radius 1 is 1.42 bits per heavy atom. The van der Waals surface area contributed by atoms with E-state index >= 15 is 0 Å². The van der Waals surface area contributed by atoms with Crippen molar-refractivity contribution in [2.24, 2.45) is 0 Å². The van der Waals surface area contributed by atoms with Crippen LogP contribution in [0.5, 0.6) is 5.75 Å². The number of nitrogens with zero attached hydrogens (tertiary/aromatic N) is 1. The maximum Gasteiger partial charge on any atom is 0.119 e. The van der Waals surface area contributed by atoms with E-state index in [0.717, 1.165) is 37.2 Å². The lowest BCUT2D eigenvalue weighted by atomic mass is 10.0. The average Bonchev–Trinajstić information content (AvgIpc) is 2.48. The second kappa shape index (κ2) is 6.89. The van der Waals surface area contributed by atoms with Gasteiger partial charge in [-0.3, -0.25) is 0 Å². The lowest BCUT2D eigenvalue weighted by molar-refractivity contribution is 0.0936. The highest BCUT2D eigenvalue weighted by Crippen LogP contribution is 2.21. The van der Waals surface area contributed by atoms with Crippen LogP contribution in [0.3, 0.4) is 0 Å². The van der Waals surface area contributed by atoms with E-state index in [0.29, 0.717) is 12.6 Å². The summed E-state index contributed by atoms with van der Waals surface area (Å²) in [4.78, 5) is 2.27. The van der Waals surface area contributed by atoms with Gasteiger partial charge in [0.25, 0.3) is 0 Å². The van der Waals surface area contributed by atoms with Crippen molar-refractivity contribution in [3.05, 3.63) is 29.8 Å². The van der Waals surface area contributed by atoms with Crippen LogP contribution in [0.25, 0.3) is 0 Å². The highest BCUT2D eigenvalue weighted by molar-refractivity contribution is 5.29. The smallest absolute Gasteiger partial charge is 0.119 e. The van der Waals surface area contributed by atoms with Gasteiger partial charge in [0, 0.05) is 12.6 Å². The van der Waals surface area contributed by atoms with Crippen molar-refractivity contribution >= 4 is 0 Å². The summed E-state index contributed by atoms with van der Waals surface area (Å²) < 4.78 is 5.19. The molecular weight excluding hydrogens is 240 g/mol. The van der Waals surface area contributed by atoms with Gasteiger partial charge in [-0.05, 0) is 50.7 Å². The van der Waals surface area contributed by atoms with Crippen molar-refractivity contribution in [1.29, 1.82) is 0 Å². The van der Waals surface area contributed by atoms with Crippen molar-refractivity contribution in [3.8, 4) is 5.75 Å². The van der Waals surface area contributed by atoms with E-state index in [4.69, 9.17) is 4.74 Å². The van der Waals surface area contributed by atoms with Crippen LogP contribution in [0.2, 0.25) is 0 Å². The van der Waals surface area contributed by atoms with E-state index in [2.05, 4.69) is 17.3 Å². The molecule has 1 aliphatic rings. The predicted molar refractivity (Wildman–Crippen MR) is 76.5 cm³/mol. The zero-order chi connectivity index (χ0) is 13.7. The second-order valence-corrected chi connectivity index (χ2v) is 5.21. The Morgan fingerprint density at radius 3 is 2.84 bits per heavy atom. The molecule has 106 valence electrons. The Kier molecular flexibility index (Phi) is 5.19. The number of hydrogen-bond donors (Lipinski definition) is 2. The molecule has 0 amide bonds. The van der Waals surface area contributed by atoms with E-state index in [9.17, 15) is 5.11 Å². The maximum atomic E-state index is 10.3. The number of piperidine rings is 1. The van der Waals surface area contributed by atoms with Gasteiger partial charge in [0.05, 0.1) is 13.2 Å². The van der Waals surface area contributed by atoms with E-state index in [1.54, 1.807) is 7.11 Å². The molecule has 0 bridgehead atoms. The SMILES string of the molecule is COc1cccc(C(O)CN(C)C2CCNCC2)c1. The van der Waals surface area contributed by atoms with E-state index in [1.807, 2.05) is 24.3 Å². The van der Waals surface area contributed by atoms with Gasteiger partial charge >= 0.3 is 0 Å². The Balaban J connectivity index is 1.93. The molecule has 1 atom stereocenters. The molecule has 1 aromatic rings. The van der Waals surface area contributed by atoms with E-state index in [-0.39, 0.29) is 0 Å². The molecule has 0 aromatic heterocycles. The van der Waals surface area contributed by atoms with Gasteiger partial charge in [-0.15, -0.1) is 0 Å². The third kappa shape index (κ3) is 3.93. The van der Waals surface area contributed by atoms with Crippen LogP contribution in [0.1, 0.15) is 24.5 Å². The summed E-state index contributed by atoms with van der Waals surface area (Å²) in [7, 11) is 3.74. The molecule has 0 aliphatic carbocycles. The van der Waals surface area contributed by atoms with Crippen LogP contribution in [-0.4, -0.2) is 49.8 Å². The monoisotopic (exact) mass is 264 g/mol. The van der Waals surface area contributed by atoms with Crippen molar-refractivity contribution < 1.29 is 9.84 Å². The van der Waals surface area contributed by atoms with Crippen molar-refractivity contribution in [2.75, 3.05) is 33.8 Å². The standard InChI is InChI=1S/C15H24N2O2/c1-17(13-6-8-16-9-7-13)11-15(18)12-4-3-5-14(10-12)19-2/h3-5,10,13,15-16,18H,6-9,11H2,1-2H3. The van der Waals surface area contributed by atoms with Gasteiger partial charge < -0.3 is 20.1 Å². The number of methoxy groups -OCH3 is 1. The lowest BCUT2D eigenvalue weighted by Crippen LogP contribution is -2.42. The van der Waals surface area contributed by atoms with Crippen LogP contribution >= 0.6 is 0 Å². The zero-order valence-electron chi connectivity index (χ0n) is 11.8. The molecule has 1 saturated heterocycles. The molecule has 1 fully saturated rings. The van der Waals surface area contributed by atoms with Crippen LogP contribution in [0.4, 0.5) is 0 Å². The first-order valence-corrected chi connectivity index (χ1v) is 6.93. The second-order valence-electron chi connectivity index (χ2n) is 5.21. The largest absolute Gasteiger partial charge is 0.497 e. The number of rotatable bonds is 5. The Labute approximate surface area is 115 Å². The topological polar surface area (TPSA) is 44.7 Å². The molecule has 1 aromatic carbocycles. The Bertz CT molecular complexity index is 391. The average molecular weight is 264 g/mol. The third-order valence-corrected chi connectivity index (χ3v) is 3.87. The molecule has 0 spiro atoms. The van der Waals surface area contributed by atoms with Crippen LogP contribution in [-0.2, 0) is 0 Å². The molecule has 1 aliphatic heterocycles. The highest BCUT2D eigenvalue weighted by atomic mass is 16.5. The molecule has 2 N–H and O–H groups in total. The molecule has 1 unspecified atom stereocenters. The van der Waals surface area contributed by atoms with E-state index < -0.39 is 6.10 Å².